The average molecular weight is 212 g/mol. The molecule has 1 amide bonds. The molecule has 0 heterocycles. The summed E-state index contributed by atoms with van der Waals surface area (Å²) in [6, 6.07) is -0.0846. The standard InChI is InChI=1S/C12H24N2O/c1-8(2)11(13)12(15)14-9(3)10-6-4-5-7-10/h8-11H,4-7,13H2,1-3H3,(H,14,15)/t9?,11-/m1/s1. The van der Waals surface area contributed by atoms with Gasteiger partial charge in [-0.1, -0.05) is 26.7 Å². The maximum absolute atomic E-state index is 11.7. The first-order valence-corrected chi connectivity index (χ1v) is 6.08. The molecule has 3 heteroatoms. The van der Waals surface area contributed by atoms with E-state index in [4.69, 9.17) is 5.73 Å². The van der Waals surface area contributed by atoms with Gasteiger partial charge in [0.05, 0.1) is 6.04 Å². The van der Waals surface area contributed by atoms with Crippen LogP contribution in [0.1, 0.15) is 46.5 Å². The minimum Gasteiger partial charge on any atom is -0.352 e. The second-order valence-corrected chi connectivity index (χ2v) is 5.11. The Labute approximate surface area is 92.8 Å². The summed E-state index contributed by atoms with van der Waals surface area (Å²) >= 11 is 0. The molecule has 0 radical (unpaired) electrons. The van der Waals surface area contributed by atoms with Crippen LogP contribution in [-0.2, 0) is 4.79 Å². The molecule has 1 rings (SSSR count). The Morgan fingerprint density at radius 2 is 1.80 bits per heavy atom. The number of nitrogens with two attached hydrogens (primary N) is 1. The highest BCUT2D eigenvalue weighted by Gasteiger charge is 2.25. The van der Waals surface area contributed by atoms with E-state index < -0.39 is 0 Å². The topological polar surface area (TPSA) is 55.1 Å². The lowest BCUT2D eigenvalue weighted by molar-refractivity contribution is -0.124. The van der Waals surface area contributed by atoms with Gasteiger partial charge >= 0.3 is 0 Å². The summed E-state index contributed by atoms with van der Waals surface area (Å²) in [5.74, 6) is 0.874. The number of amides is 1. The van der Waals surface area contributed by atoms with E-state index in [9.17, 15) is 4.79 Å². The molecular weight excluding hydrogens is 188 g/mol. The molecule has 0 aliphatic heterocycles. The van der Waals surface area contributed by atoms with Gasteiger partial charge in [0, 0.05) is 6.04 Å². The molecule has 2 atom stereocenters. The molecule has 1 fully saturated rings. The molecule has 0 saturated heterocycles. The Morgan fingerprint density at radius 3 is 2.27 bits per heavy atom. The maximum Gasteiger partial charge on any atom is 0.237 e. The number of hydrogen-bond acceptors (Lipinski definition) is 2. The maximum atomic E-state index is 11.7. The summed E-state index contributed by atoms with van der Waals surface area (Å²) in [5, 5.41) is 3.04. The zero-order chi connectivity index (χ0) is 11.4. The third kappa shape index (κ3) is 3.49. The fourth-order valence-corrected chi connectivity index (χ4v) is 2.20. The molecule has 88 valence electrons. The lowest BCUT2D eigenvalue weighted by atomic mass is 9.98. The van der Waals surface area contributed by atoms with Gasteiger partial charge in [0.1, 0.15) is 0 Å². The van der Waals surface area contributed by atoms with Gasteiger partial charge in [-0.25, -0.2) is 0 Å². The molecule has 0 aromatic carbocycles. The van der Waals surface area contributed by atoms with Crippen molar-refractivity contribution in [2.75, 3.05) is 0 Å². The highest BCUT2D eigenvalue weighted by molar-refractivity contribution is 5.81. The number of rotatable bonds is 4. The van der Waals surface area contributed by atoms with Crippen LogP contribution in [0.3, 0.4) is 0 Å². The van der Waals surface area contributed by atoms with Gasteiger partial charge in [0.25, 0.3) is 0 Å². The van der Waals surface area contributed by atoms with Crippen LogP contribution in [-0.4, -0.2) is 18.0 Å². The number of carbonyl (C=O) groups excluding carboxylic acids is 1. The molecule has 1 aliphatic carbocycles. The summed E-state index contributed by atoms with van der Waals surface area (Å²) in [6.45, 7) is 6.05. The van der Waals surface area contributed by atoms with Crippen molar-refractivity contribution >= 4 is 5.91 Å². The quantitative estimate of drug-likeness (QED) is 0.744. The monoisotopic (exact) mass is 212 g/mol. The molecule has 3 N–H and O–H groups in total. The van der Waals surface area contributed by atoms with Crippen molar-refractivity contribution in [3.05, 3.63) is 0 Å². The van der Waals surface area contributed by atoms with Gasteiger partial charge in [-0.3, -0.25) is 4.79 Å². The predicted octanol–water partition coefficient (Wildman–Crippen LogP) is 1.66. The number of carbonyl (C=O) groups is 1. The molecule has 1 saturated carbocycles. The van der Waals surface area contributed by atoms with Crippen LogP contribution in [0.5, 0.6) is 0 Å². The van der Waals surface area contributed by atoms with Crippen LogP contribution in [0, 0.1) is 11.8 Å². The van der Waals surface area contributed by atoms with Crippen molar-refractivity contribution < 1.29 is 4.79 Å². The molecule has 1 unspecified atom stereocenters. The molecule has 0 spiro atoms. The average Bonchev–Trinajstić information content (AvgIpc) is 2.68. The molecule has 0 bridgehead atoms. The Balaban J connectivity index is 2.36. The fourth-order valence-electron chi connectivity index (χ4n) is 2.20. The van der Waals surface area contributed by atoms with E-state index in [1.165, 1.54) is 25.7 Å². The number of hydrogen-bond donors (Lipinski definition) is 2. The van der Waals surface area contributed by atoms with Crippen molar-refractivity contribution in [2.24, 2.45) is 17.6 Å². The summed E-state index contributed by atoms with van der Waals surface area (Å²) in [4.78, 5) is 11.7. The summed E-state index contributed by atoms with van der Waals surface area (Å²) < 4.78 is 0. The Bertz CT molecular complexity index is 210. The van der Waals surface area contributed by atoms with E-state index in [-0.39, 0.29) is 23.9 Å². The van der Waals surface area contributed by atoms with Crippen molar-refractivity contribution in [2.45, 2.75) is 58.5 Å². The van der Waals surface area contributed by atoms with Gasteiger partial charge in [-0.2, -0.15) is 0 Å². The van der Waals surface area contributed by atoms with E-state index in [0.717, 1.165) is 0 Å². The molecule has 0 aromatic heterocycles. The lowest BCUT2D eigenvalue weighted by Gasteiger charge is -2.23. The van der Waals surface area contributed by atoms with Crippen molar-refractivity contribution in [3.8, 4) is 0 Å². The van der Waals surface area contributed by atoms with Gasteiger partial charge in [-0.05, 0) is 31.6 Å². The van der Waals surface area contributed by atoms with Crippen molar-refractivity contribution in [1.29, 1.82) is 0 Å². The van der Waals surface area contributed by atoms with Crippen LogP contribution in [0.2, 0.25) is 0 Å². The number of nitrogens with one attached hydrogen (secondary N) is 1. The second kappa shape index (κ2) is 5.50. The van der Waals surface area contributed by atoms with E-state index in [0.29, 0.717) is 5.92 Å². The van der Waals surface area contributed by atoms with E-state index in [2.05, 4.69) is 12.2 Å². The smallest absolute Gasteiger partial charge is 0.237 e. The molecule has 15 heavy (non-hydrogen) atoms. The molecule has 1 aliphatic rings. The summed E-state index contributed by atoms with van der Waals surface area (Å²) in [6.07, 6.45) is 5.11. The molecule has 3 nitrogen and oxygen atoms in total. The van der Waals surface area contributed by atoms with Crippen LogP contribution >= 0.6 is 0 Å². The SMILES string of the molecule is CC(NC(=O)[C@H](N)C(C)C)C1CCCC1. The zero-order valence-electron chi connectivity index (χ0n) is 10.1. The van der Waals surface area contributed by atoms with Crippen LogP contribution in [0.25, 0.3) is 0 Å². The third-order valence-electron chi connectivity index (χ3n) is 3.50. The van der Waals surface area contributed by atoms with Crippen molar-refractivity contribution in [1.82, 2.24) is 5.32 Å². The fraction of sp³-hybridized carbons (Fsp3) is 0.917. The highest BCUT2D eigenvalue weighted by Crippen LogP contribution is 2.27. The van der Waals surface area contributed by atoms with E-state index in [1.807, 2.05) is 13.8 Å². The predicted molar refractivity (Wildman–Crippen MR) is 62.4 cm³/mol. The van der Waals surface area contributed by atoms with Crippen molar-refractivity contribution in [3.63, 3.8) is 0 Å². The van der Waals surface area contributed by atoms with Gasteiger partial charge < -0.3 is 11.1 Å². The van der Waals surface area contributed by atoms with E-state index >= 15 is 0 Å². The Kier molecular flexibility index (Phi) is 4.58. The highest BCUT2D eigenvalue weighted by atomic mass is 16.2. The zero-order valence-corrected chi connectivity index (χ0v) is 10.1. The normalized spacial score (nSPS) is 21.7. The largest absolute Gasteiger partial charge is 0.352 e. The third-order valence-corrected chi connectivity index (χ3v) is 3.50. The Morgan fingerprint density at radius 1 is 1.27 bits per heavy atom. The van der Waals surface area contributed by atoms with Crippen LogP contribution in [0.15, 0.2) is 0 Å². The first kappa shape index (κ1) is 12.5. The molecule has 0 aromatic rings. The van der Waals surface area contributed by atoms with Crippen LogP contribution in [0.4, 0.5) is 0 Å². The first-order valence-electron chi connectivity index (χ1n) is 6.08. The van der Waals surface area contributed by atoms with Gasteiger partial charge in [0.2, 0.25) is 5.91 Å². The van der Waals surface area contributed by atoms with Crippen LogP contribution < -0.4 is 11.1 Å². The van der Waals surface area contributed by atoms with Gasteiger partial charge in [-0.15, -0.1) is 0 Å². The second-order valence-electron chi connectivity index (χ2n) is 5.11. The molecular formula is C12H24N2O. The first-order chi connectivity index (χ1) is 7.02. The summed E-state index contributed by atoms with van der Waals surface area (Å²) in [5.41, 5.74) is 5.79. The Hall–Kier alpha value is -0.570. The summed E-state index contributed by atoms with van der Waals surface area (Å²) in [7, 11) is 0. The van der Waals surface area contributed by atoms with Gasteiger partial charge in [0.15, 0.2) is 0 Å². The van der Waals surface area contributed by atoms with E-state index in [1.54, 1.807) is 0 Å². The lowest BCUT2D eigenvalue weighted by Crippen LogP contribution is -2.48. The minimum absolute atomic E-state index is 0.00407. The minimum atomic E-state index is -0.367.